The molecule has 3 N–H and O–H groups in total. The maximum absolute atomic E-state index is 11.5. The van der Waals surface area contributed by atoms with E-state index in [0.29, 0.717) is 18.9 Å². The van der Waals surface area contributed by atoms with E-state index in [9.17, 15) is 4.79 Å². The van der Waals surface area contributed by atoms with Gasteiger partial charge in [0.05, 0.1) is 0 Å². The van der Waals surface area contributed by atoms with Crippen LogP contribution in [0.1, 0.15) is 51.9 Å². The Kier molecular flexibility index (Phi) is 5.69. The van der Waals surface area contributed by atoms with Crippen molar-refractivity contribution >= 4 is 5.91 Å². The Morgan fingerprint density at radius 2 is 2.13 bits per heavy atom. The van der Waals surface area contributed by atoms with Gasteiger partial charge in [0.15, 0.2) is 0 Å². The first kappa shape index (κ1) is 12.5. The molecular formula is C12H24N2O. The molecule has 0 spiro atoms. The minimum atomic E-state index is 0.188. The number of rotatable bonds is 8. The van der Waals surface area contributed by atoms with Crippen molar-refractivity contribution in [3.8, 4) is 0 Å². The van der Waals surface area contributed by atoms with Crippen LogP contribution in [-0.4, -0.2) is 18.5 Å². The van der Waals surface area contributed by atoms with Gasteiger partial charge in [-0.3, -0.25) is 4.79 Å². The van der Waals surface area contributed by atoms with Gasteiger partial charge in [-0.2, -0.15) is 0 Å². The topological polar surface area (TPSA) is 55.1 Å². The number of nitrogens with one attached hydrogen (secondary N) is 1. The number of unbranched alkanes of at least 4 members (excludes halogenated alkanes) is 3. The Balaban J connectivity index is 2.05. The lowest BCUT2D eigenvalue weighted by Gasteiger charge is -2.15. The minimum absolute atomic E-state index is 0.188. The zero-order valence-corrected chi connectivity index (χ0v) is 9.80. The molecule has 3 nitrogen and oxygen atoms in total. The molecule has 0 radical (unpaired) electrons. The van der Waals surface area contributed by atoms with Gasteiger partial charge in [0.25, 0.3) is 0 Å². The summed E-state index contributed by atoms with van der Waals surface area (Å²) in [5.74, 6) is 0.850. The summed E-state index contributed by atoms with van der Waals surface area (Å²) >= 11 is 0. The van der Waals surface area contributed by atoms with E-state index in [1.807, 2.05) is 0 Å². The molecule has 0 bridgehead atoms. The molecule has 1 aliphatic rings. The van der Waals surface area contributed by atoms with E-state index in [1.165, 1.54) is 32.1 Å². The number of carbonyl (C=O) groups is 1. The molecule has 1 saturated carbocycles. The molecule has 0 heterocycles. The second kappa shape index (κ2) is 6.83. The van der Waals surface area contributed by atoms with Gasteiger partial charge in [-0.25, -0.2) is 0 Å². The molecule has 0 saturated heterocycles. The van der Waals surface area contributed by atoms with Gasteiger partial charge >= 0.3 is 0 Å². The first-order chi connectivity index (χ1) is 7.27. The highest BCUT2D eigenvalue weighted by molar-refractivity contribution is 5.76. The lowest BCUT2D eigenvalue weighted by molar-refractivity contribution is -0.122. The zero-order chi connectivity index (χ0) is 11.1. The summed E-state index contributed by atoms with van der Waals surface area (Å²) in [6.45, 7) is 2.77. The van der Waals surface area contributed by atoms with Gasteiger partial charge < -0.3 is 11.1 Å². The molecule has 1 fully saturated rings. The maximum Gasteiger partial charge on any atom is 0.220 e. The van der Waals surface area contributed by atoms with Gasteiger partial charge in [-0.1, -0.05) is 26.2 Å². The fourth-order valence-corrected chi connectivity index (χ4v) is 1.86. The Bertz CT molecular complexity index is 190. The van der Waals surface area contributed by atoms with Crippen LogP contribution in [0.3, 0.4) is 0 Å². The van der Waals surface area contributed by atoms with Crippen LogP contribution >= 0.6 is 0 Å². The van der Waals surface area contributed by atoms with Crippen molar-refractivity contribution in [2.24, 2.45) is 11.7 Å². The SMILES string of the molecule is CCCCCCC(=O)NC(CN)C1CC1. The van der Waals surface area contributed by atoms with E-state index in [4.69, 9.17) is 5.73 Å². The molecule has 3 heteroatoms. The highest BCUT2D eigenvalue weighted by Crippen LogP contribution is 2.32. The van der Waals surface area contributed by atoms with Crippen LogP contribution < -0.4 is 11.1 Å². The van der Waals surface area contributed by atoms with Crippen LogP contribution in [0.2, 0.25) is 0 Å². The normalized spacial score (nSPS) is 17.5. The second-order valence-electron chi connectivity index (χ2n) is 4.56. The third-order valence-corrected chi connectivity index (χ3v) is 3.05. The smallest absolute Gasteiger partial charge is 0.220 e. The molecule has 15 heavy (non-hydrogen) atoms. The fraction of sp³-hybridized carbons (Fsp3) is 0.917. The fourth-order valence-electron chi connectivity index (χ4n) is 1.86. The summed E-state index contributed by atoms with van der Waals surface area (Å²) in [4.78, 5) is 11.5. The molecule has 88 valence electrons. The Morgan fingerprint density at radius 3 is 2.67 bits per heavy atom. The van der Waals surface area contributed by atoms with Gasteiger partial charge in [-0.05, 0) is 25.2 Å². The van der Waals surface area contributed by atoms with E-state index >= 15 is 0 Å². The molecule has 1 aliphatic carbocycles. The number of hydrogen-bond donors (Lipinski definition) is 2. The van der Waals surface area contributed by atoms with E-state index in [2.05, 4.69) is 12.2 Å². The minimum Gasteiger partial charge on any atom is -0.352 e. The average molecular weight is 212 g/mol. The van der Waals surface area contributed by atoms with Crippen LogP contribution in [-0.2, 0) is 4.79 Å². The predicted molar refractivity (Wildman–Crippen MR) is 62.5 cm³/mol. The standard InChI is InChI=1S/C12H24N2O/c1-2-3-4-5-6-12(15)14-11(9-13)10-7-8-10/h10-11H,2-9,13H2,1H3,(H,14,15). The molecule has 1 amide bonds. The summed E-state index contributed by atoms with van der Waals surface area (Å²) in [5.41, 5.74) is 5.62. The molecule has 0 aromatic rings. The van der Waals surface area contributed by atoms with Crippen LogP contribution in [0.25, 0.3) is 0 Å². The third kappa shape index (κ3) is 5.17. The van der Waals surface area contributed by atoms with Crippen molar-refractivity contribution in [3.63, 3.8) is 0 Å². The highest BCUT2D eigenvalue weighted by Gasteiger charge is 2.30. The van der Waals surface area contributed by atoms with Gasteiger partial charge in [0.2, 0.25) is 5.91 Å². The Hall–Kier alpha value is -0.570. The first-order valence-electron chi connectivity index (χ1n) is 6.27. The van der Waals surface area contributed by atoms with Gasteiger partial charge in [0, 0.05) is 19.0 Å². The molecule has 0 aromatic carbocycles. The second-order valence-corrected chi connectivity index (χ2v) is 4.56. The quantitative estimate of drug-likeness (QED) is 0.603. The van der Waals surface area contributed by atoms with E-state index in [0.717, 1.165) is 6.42 Å². The van der Waals surface area contributed by atoms with Crippen molar-refractivity contribution < 1.29 is 4.79 Å². The number of carbonyl (C=O) groups excluding carboxylic acids is 1. The van der Waals surface area contributed by atoms with E-state index < -0.39 is 0 Å². The van der Waals surface area contributed by atoms with Crippen LogP contribution in [0, 0.1) is 5.92 Å². The summed E-state index contributed by atoms with van der Waals surface area (Å²) in [6, 6.07) is 0.240. The molecule has 0 aromatic heterocycles. The van der Waals surface area contributed by atoms with Crippen molar-refractivity contribution in [2.45, 2.75) is 57.9 Å². The van der Waals surface area contributed by atoms with Crippen molar-refractivity contribution in [2.75, 3.05) is 6.54 Å². The first-order valence-corrected chi connectivity index (χ1v) is 6.27. The summed E-state index contributed by atoms with van der Waals surface area (Å²) in [5, 5.41) is 3.04. The third-order valence-electron chi connectivity index (χ3n) is 3.05. The summed E-state index contributed by atoms with van der Waals surface area (Å²) in [6.07, 6.45) is 7.77. The summed E-state index contributed by atoms with van der Waals surface area (Å²) in [7, 11) is 0. The van der Waals surface area contributed by atoms with Gasteiger partial charge in [-0.15, -0.1) is 0 Å². The van der Waals surface area contributed by atoms with E-state index in [1.54, 1.807) is 0 Å². The van der Waals surface area contributed by atoms with Crippen LogP contribution in [0.15, 0.2) is 0 Å². The maximum atomic E-state index is 11.5. The van der Waals surface area contributed by atoms with E-state index in [-0.39, 0.29) is 11.9 Å². The van der Waals surface area contributed by atoms with Crippen LogP contribution in [0.4, 0.5) is 0 Å². The lowest BCUT2D eigenvalue weighted by atomic mass is 10.1. The molecule has 0 aliphatic heterocycles. The number of hydrogen-bond acceptors (Lipinski definition) is 2. The lowest BCUT2D eigenvalue weighted by Crippen LogP contribution is -2.41. The Labute approximate surface area is 92.8 Å². The molecule has 1 unspecified atom stereocenters. The van der Waals surface area contributed by atoms with Gasteiger partial charge in [0.1, 0.15) is 0 Å². The van der Waals surface area contributed by atoms with Crippen molar-refractivity contribution in [3.05, 3.63) is 0 Å². The van der Waals surface area contributed by atoms with Crippen molar-refractivity contribution in [1.29, 1.82) is 0 Å². The highest BCUT2D eigenvalue weighted by atomic mass is 16.1. The largest absolute Gasteiger partial charge is 0.352 e. The molecular weight excluding hydrogens is 188 g/mol. The molecule has 1 rings (SSSR count). The molecule has 1 atom stereocenters. The predicted octanol–water partition coefficient (Wildman–Crippen LogP) is 1.81. The average Bonchev–Trinajstić information content (AvgIpc) is 3.05. The number of amides is 1. The Morgan fingerprint density at radius 1 is 1.40 bits per heavy atom. The van der Waals surface area contributed by atoms with Crippen molar-refractivity contribution in [1.82, 2.24) is 5.32 Å². The van der Waals surface area contributed by atoms with Crippen LogP contribution in [0.5, 0.6) is 0 Å². The zero-order valence-electron chi connectivity index (χ0n) is 9.80. The summed E-state index contributed by atoms with van der Waals surface area (Å²) < 4.78 is 0. The number of nitrogens with two attached hydrogens (primary N) is 1. The monoisotopic (exact) mass is 212 g/mol.